The van der Waals surface area contributed by atoms with Crippen molar-refractivity contribution in [1.82, 2.24) is 4.98 Å². The van der Waals surface area contributed by atoms with Crippen LogP contribution in [0.2, 0.25) is 0 Å². The van der Waals surface area contributed by atoms with Gasteiger partial charge in [0.15, 0.2) is 0 Å². The smallest absolute Gasteiger partial charge is 0.317 e. The molecule has 0 fully saturated rings. The largest absolute Gasteiger partial charge is 0.468 e. The maximum absolute atomic E-state index is 10.8. The van der Waals surface area contributed by atoms with E-state index in [9.17, 15) is 4.79 Å². The second-order valence-corrected chi connectivity index (χ2v) is 2.98. The highest BCUT2D eigenvalue weighted by molar-refractivity contribution is 5.72. The quantitative estimate of drug-likeness (QED) is 0.545. The molecule has 0 spiro atoms. The summed E-state index contributed by atoms with van der Waals surface area (Å²) in [4.78, 5) is 14.8. The fraction of sp³-hybridized carbons (Fsp3) is 0.273. The van der Waals surface area contributed by atoms with Crippen LogP contribution in [-0.4, -0.2) is 18.1 Å². The number of esters is 1. The summed E-state index contributed by atoms with van der Waals surface area (Å²) in [6.07, 6.45) is 1.62. The van der Waals surface area contributed by atoms with Crippen LogP contribution in [0.1, 0.15) is 17.7 Å². The number of nitrogens with zero attached hydrogens (tertiary/aromatic N) is 1. The minimum Gasteiger partial charge on any atom is -0.468 e. The van der Waals surface area contributed by atoms with Gasteiger partial charge in [-0.3, -0.25) is 4.79 Å². The van der Waals surface area contributed by atoms with Gasteiger partial charge in [-0.15, -0.1) is 0 Å². The highest BCUT2D eigenvalue weighted by Crippen LogP contribution is 2.08. The highest BCUT2D eigenvalue weighted by atomic mass is 16.5. The van der Waals surface area contributed by atoms with Crippen molar-refractivity contribution >= 4 is 11.7 Å². The van der Waals surface area contributed by atoms with E-state index in [0.29, 0.717) is 11.4 Å². The van der Waals surface area contributed by atoms with Crippen LogP contribution in [0.4, 0.5) is 5.69 Å². The number of pyridine rings is 1. The minimum absolute atomic E-state index is 0.0710. The van der Waals surface area contributed by atoms with E-state index in [4.69, 9.17) is 5.73 Å². The Bertz CT molecular complexity index is 430. The number of aryl methyl sites for hydroxylation is 1. The highest BCUT2D eigenvalue weighted by Gasteiger charge is 1.96. The first-order valence-corrected chi connectivity index (χ1v) is 4.41. The number of rotatable bonds is 1. The van der Waals surface area contributed by atoms with Crippen LogP contribution in [0.15, 0.2) is 12.3 Å². The zero-order chi connectivity index (χ0) is 11.3. The molecular weight excluding hydrogens is 192 g/mol. The molecule has 0 aliphatic rings. The number of carbonyl (C=O) groups excluding carboxylic acids is 1. The van der Waals surface area contributed by atoms with Crippen LogP contribution in [0.5, 0.6) is 0 Å². The Morgan fingerprint density at radius 1 is 1.67 bits per heavy atom. The zero-order valence-electron chi connectivity index (χ0n) is 8.70. The third-order valence-electron chi connectivity index (χ3n) is 1.83. The Labute approximate surface area is 88.5 Å². The monoisotopic (exact) mass is 204 g/mol. The van der Waals surface area contributed by atoms with E-state index in [0.717, 1.165) is 5.56 Å². The first-order chi connectivity index (χ1) is 7.13. The number of aromatic nitrogens is 1. The predicted octanol–water partition coefficient (Wildman–Crippen LogP) is 0.887. The van der Waals surface area contributed by atoms with Crippen molar-refractivity contribution in [2.45, 2.75) is 13.3 Å². The molecule has 1 aromatic rings. The average Bonchev–Trinajstić information content (AvgIpc) is 2.23. The number of anilines is 1. The van der Waals surface area contributed by atoms with E-state index >= 15 is 0 Å². The Balaban J connectivity index is 2.72. The van der Waals surface area contributed by atoms with Crippen LogP contribution < -0.4 is 5.73 Å². The summed E-state index contributed by atoms with van der Waals surface area (Å²) in [7, 11) is 1.33. The molecule has 0 saturated carbocycles. The molecule has 0 aliphatic carbocycles. The maximum atomic E-state index is 10.8. The van der Waals surface area contributed by atoms with Crippen molar-refractivity contribution in [3.8, 4) is 11.8 Å². The molecule has 0 aliphatic heterocycles. The first kappa shape index (κ1) is 11.1. The molecule has 4 heteroatoms. The number of methoxy groups -OCH3 is 1. The lowest BCUT2D eigenvalue weighted by molar-refractivity contribution is -0.139. The number of nitrogens with two attached hydrogens (primary N) is 1. The molecule has 15 heavy (non-hydrogen) atoms. The molecule has 1 aromatic heterocycles. The topological polar surface area (TPSA) is 65.2 Å². The van der Waals surface area contributed by atoms with Gasteiger partial charge in [-0.1, -0.05) is 5.92 Å². The third kappa shape index (κ3) is 3.31. The SMILES string of the molecule is COC(=O)CC#Cc1cc(C)c(N)cn1. The van der Waals surface area contributed by atoms with E-state index in [2.05, 4.69) is 21.6 Å². The fourth-order valence-electron chi connectivity index (χ4n) is 0.914. The Morgan fingerprint density at radius 2 is 2.40 bits per heavy atom. The fourth-order valence-corrected chi connectivity index (χ4v) is 0.914. The van der Waals surface area contributed by atoms with Crippen LogP contribution in [0.25, 0.3) is 0 Å². The van der Waals surface area contributed by atoms with Crippen molar-refractivity contribution in [2.75, 3.05) is 12.8 Å². The number of hydrogen-bond donors (Lipinski definition) is 1. The first-order valence-electron chi connectivity index (χ1n) is 4.41. The van der Waals surface area contributed by atoms with Crippen molar-refractivity contribution in [1.29, 1.82) is 0 Å². The predicted molar refractivity (Wildman–Crippen MR) is 56.9 cm³/mol. The van der Waals surface area contributed by atoms with Gasteiger partial charge in [-0.2, -0.15) is 0 Å². The van der Waals surface area contributed by atoms with E-state index in [1.165, 1.54) is 7.11 Å². The van der Waals surface area contributed by atoms with E-state index in [-0.39, 0.29) is 12.4 Å². The Kier molecular flexibility index (Phi) is 3.69. The number of nitrogen functional groups attached to an aromatic ring is 1. The van der Waals surface area contributed by atoms with Gasteiger partial charge < -0.3 is 10.5 Å². The average molecular weight is 204 g/mol. The maximum Gasteiger partial charge on any atom is 0.317 e. The summed E-state index contributed by atoms with van der Waals surface area (Å²) >= 11 is 0. The summed E-state index contributed by atoms with van der Waals surface area (Å²) in [6, 6.07) is 1.78. The summed E-state index contributed by atoms with van der Waals surface area (Å²) in [5.74, 6) is 5.08. The third-order valence-corrected chi connectivity index (χ3v) is 1.83. The normalized spacial score (nSPS) is 8.93. The summed E-state index contributed by atoms with van der Waals surface area (Å²) < 4.78 is 4.45. The van der Waals surface area contributed by atoms with E-state index < -0.39 is 0 Å². The van der Waals surface area contributed by atoms with Gasteiger partial charge in [0, 0.05) is 0 Å². The summed E-state index contributed by atoms with van der Waals surface area (Å²) in [5, 5.41) is 0. The minimum atomic E-state index is -0.352. The number of carbonyl (C=O) groups is 1. The molecule has 0 bridgehead atoms. The second kappa shape index (κ2) is 5.01. The lowest BCUT2D eigenvalue weighted by Gasteiger charge is -1.97. The molecule has 2 N–H and O–H groups in total. The Hall–Kier alpha value is -2.02. The molecule has 0 radical (unpaired) electrons. The Morgan fingerprint density at radius 3 is 3.00 bits per heavy atom. The molecule has 0 amide bonds. The van der Waals surface area contributed by atoms with Gasteiger partial charge in [-0.05, 0) is 24.5 Å². The molecule has 78 valence electrons. The lowest BCUT2D eigenvalue weighted by atomic mass is 10.2. The molecule has 0 saturated heterocycles. The summed E-state index contributed by atoms with van der Waals surface area (Å²) in [5.41, 5.74) is 7.76. The van der Waals surface area contributed by atoms with Gasteiger partial charge in [-0.25, -0.2) is 4.98 Å². The van der Waals surface area contributed by atoms with Crippen LogP contribution in [0.3, 0.4) is 0 Å². The van der Waals surface area contributed by atoms with Crippen molar-refractivity contribution < 1.29 is 9.53 Å². The van der Waals surface area contributed by atoms with Crippen LogP contribution in [0, 0.1) is 18.8 Å². The molecule has 0 aromatic carbocycles. The van der Waals surface area contributed by atoms with Gasteiger partial charge in [0.2, 0.25) is 0 Å². The summed E-state index contributed by atoms with van der Waals surface area (Å²) in [6.45, 7) is 1.88. The molecule has 1 heterocycles. The zero-order valence-corrected chi connectivity index (χ0v) is 8.70. The molecule has 0 atom stereocenters. The van der Waals surface area contributed by atoms with Gasteiger partial charge in [0.05, 0.1) is 19.0 Å². The molecule has 4 nitrogen and oxygen atoms in total. The van der Waals surface area contributed by atoms with Crippen LogP contribution >= 0.6 is 0 Å². The molecular formula is C11H12N2O2. The lowest BCUT2D eigenvalue weighted by Crippen LogP contribution is -1.97. The van der Waals surface area contributed by atoms with Gasteiger partial charge in [0.25, 0.3) is 0 Å². The van der Waals surface area contributed by atoms with E-state index in [1.807, 2.05) is 6.92 Å². The second-order valence-electron chi connectivity index (χ2n) is 2.98. The van der Waals surface area contributed by atoms with E-state index in [1.54, 1.807) is 12.3 Å². The van der Waals surface area contributed by atoms with Gasteiger partial charge in [0.1, 0.15) is 12.1 Å². The van der Waals surface area contributed by atoms with Crippen molar-refractivity contribution in [3.63, 3.8) is 0 Å². The number of hydrogen-bond acceptors (Lipinski definition) is 4. The van der Waals surface area contributed by atoms with Crippen molar-refractivity contribution in [3.05, 3.63) is 23.5 Å². The molecule has 0 unspecified atom stereocenters. The number of ether oxygens (including phenoxy) is 1. The standard InChI is InChI=1S/C11H12N2O2/c1-8-6-9(13-7-10(8)12)4-3-5-11(14)15-2/h6-7H,5,12H2,1-2H3. The molecule has 1 rings (SSSR count). The van der Waals surface area contributed by atoms with Gasteiger partial charge >= 0.3 is 5.97 Å². The van der Waals surface area contributed by atoms with Crippen LogP contribution in [-0.2, 0) is 9.53 Å². The van der Waals surface area contributed by atoms with Crippen molar-refractivity contribution in [2.24, 2.45) is 0 Å².